The highest BCUT2D eigenvalue weighted by Gasteiger charge is 2.55. The van der Waals surface area contributed by atoms with Gasteiger partial charge in [-0.1, -0.05) is 41.7 Å². The van der Waals surface area contributed by atoms with Gasteiger partial charge in [-0.05, 0) is 43.7 Å². The summed E-state index contributed by atoms with van der Waals surface area (Å²) in [7, 11) is 1.61. The van der Waals surface area contributed by atoms with Gasteiger partial charge in [0.2, 0.25) is 5.72 Å². The second kappa shape index (κ2) is 7.63. The largest absolute Gasteiger partial charge is 0.497 e. The van der Waals surface area contributed by atoms with Crippen LogP contribution in [-0.2, 0) is 9.53 Å². The van der Waals surface area contributed by atoms with Crippen LogP contribution in [0.15, 0.2) is 58.3 Å². The highest BCUT2D eigenvalue weighted by Crippen LogP contribution is 2.47. The van der Waals surface area contributed by atoms with Crippen molar-refractivity contribution < 1.29 is 19.0 Å². The van der Waals surface area contributed by atoms with Crippen molar-refractivity contribution in [2.75, 3.05) is 13.7 Å². The lowest BCUT2D eigenvalue weighted by molar-refractivity contribution is -0.160. The molecular weight excluding hydrogens is 428 g/mol. The Morgan fingerprint density at radius 2 is 2.00 bits per heavy atom. The number of aromatic nitrogens is 1. The summed E-state index contributed by atoms with van der Waals surface area (Å²) in [6.45, 7) is 3.77. The highest BCUT2D eigenvalue weighted by atomic mass is 32.1. The number of carbonyl (C=O) groups excluding carboxylic acids is 1. The fourth-order valence-corrected chi connectivity index (χ4v) is 5.49. The Morgan fingerprint density at radius 1 is 1.25 bits per heavy atom. The number of ether oxygens (including phenoxy) is 3. The summed E-state index contributed by atoms with van der Waals surface area (Å²) in [6, 6.07) is 14.4. The molecule has 2 aromatic carbocycles. The molecule has 7 nitrogen and oxygen atoms in total. The Balaban J connectivity index is 1.73. The first-order valence-corrected chi connectivity index (χ1v) is 11.2. The Labute approximate surface area is 188 Å². The molecule has 2 bridgehead atoms. The second-order valence-electron chi connectivity index (χ2n) is 7.82. The molecule has 0 unspecified atom stereocenters. The number of benzene rings is 2. The lowest BCUT2D eigenvalue weighted by Crippen LogP contribution is -2.58. The fourth-order valence-electron chi connectivity index (χ4n) is 4.39. The minimum atomic E-state index is -1.17. The zero-order valence-corrected chi connectivity index (χ0v) is 18.7. The summed E-state index contributed by atoms with van der Waals surface area (Å²) in [4.78, 5) is 31.8. The number of fused-ring (bicyclic) bond motifs is 6. The third-order valence-corrected chi connectivity index (χ3v) is 6.82. The van der Waals surface area contributed by atoms with E-state index in [9.17, 15) is 9.59 Å². The molecule has 2 aliphatic heterocycles. The van der Waals surface area contributed by atoms with Crippen molar-refractivity contribution in [3.63, 3.8) is 0 Å². The average molecular weight is 451 g/mol. The number of rotatable bonds is 4. The van der Waals surface area contributed by atoms with Crippen molar-refractivity contribution in [3.05, 3.63) is 79.3 Å². The molecule has 0 spiro atoms. The van der Waals surface area contributed by atoms with Gasteiger partial charge < -0.3 is 14.2 Å². The van der Waals surface area contributed by atoms with Crippen LogP contribution in [0.2, 0.25) is 0 Å². The first-order valence-electron chi connectivity index (χ1n) is 10.4. The third-order valence-electron chi connectivity index (χ3n) is 5.83. The number of hydrogen-bond acceptors (Lipinski definition) is 7. The van der Waals surface area contributed by atoms with Gasteiger partial charge in [-0.2, -0.15) is 0 Å². The Kier molecular flexibility index (Phi) is 4.89. The zero-order valence-electron chi connectivity index (χ0n) is 17.9. The van der Waals surface area contributed by atoms with E-state index < -0.39 is 23.7 Å². The van der Waals surface area contributed by atoms with Gasteiger partial charge in [-0.25, -0.2) is 4.99 Å². The lowest BCUT2D eigenvalue weighted by Gasteiger charge is -2.44. The van der Waals surface area contributed by atoms with E-state index in [1.807, 2.05) is 54.6 Å². The molecule has 1 aromatic heterocycles. The Morgan fingerprint density at radius 3 is 2.72 bits per heavy atom. The molecular formula is C24H22N2O5S. The Hall–Kier alpha value is -3.39. The number of carbonyl (C=O) groups is 1. The van der Waals surface area contributed by atoms with Crippen molar-refractivity contribution in [1.82, 2.24) is 4.57 Å². The van der Waals surface area contributed by atoms with Crippen molar-refractivity contribution >= 4 is 23.4 Å². The molecule has 3 aromatic rings. The van der Waals surface area contributed by atoms with Crippen molar-refractivity contribution in [2.45, 2.75) is 25.6 Å². The van der Waals surface area contributed by atoms with E-state index in [1.165, 1.54) is 11.3 Å². The molecule has 2 aliphatic rings. The van der Waals surface area contributed by atoms with Crippen LogP contribution in [0.25, 0.3) is 6.08 Å². The lowest BCUT2D eigenvalue weighted by atomic mass is 9.81. The van der Waals surface area contributed by atoms with Crippen LogP contribution in [0, 0.1) is 5.92 Å². The number of thiazole rings is 1. The van der Waals surface area contributed by atoms with Gasteiger partial charge in [0.25, 0.3) is 5.56 Å². The number of nitrogens with zero attached hydrogens (tertiary/aromatic N) is 2. The van der Waals surface area contributed by atoms with Gasteiger partial charge in [0.15, 0.2) is 4.80 Å². The molecule has 32 heavy (non-hydrogen) atoms. The molecule has 0 saturated heterocycles. The van der Waals surface area contributed by atoms with Gasteiger partial charge in [0.1, 0.15) is 17.4 Å². The highest BCUT2D eigenvalue weighted by molar-refractivity contribution is 7.07. The molecule has 0 fully saturated rings. The maximum Gasteiger partial charge on any atom is 0.317 e. The van der Waals surface area contributed by atoms with Gasteiger partial charge >= 0.3 is 5.97 Å². The van der Waals surface area contributed by atoms with Gasteiger partial charge in [-0.15, -0.1) is 0 Å². The molecule has 3 atom stereocenters. The second-order valence-corrected chi connectivity index (χ2v) is 8.83. The van der Waals surface area contributed by atoms with Crippen LogP contribution in [0.5, 0.6) is 11.5 Å². The van der Waals surface area contributed by atoms with Gasteiger partial charge in [0.05, 0.1) is 24.3 Å². The summed E-state index contributed by atoms with van der Waals surface area (Å²) >= 11 is 1.29. The standard InChI is InChI=1S/C24H22N2O5S/c1-4-30-22(28)19-20-16-7-5-6-8-17(16)31-24(19,2)25-23-26(20)21(27)18(32-23)13-14-9-11-15(29-3)12-10-14/h5-13,19-20H,4H2,1-3H3/b18-13+/t19-,20+,24+/m0/s1. The predicted octanol–water partition coefficient (Wildman–Crippen LogP) is 2.26. The Bertz CT molecular complexity index is 1370. The van der Waals surface area contributed by atoms with Crippen LogP contribution >= 0.6 is 11.3 Å². The zero-order chi connectivity index (χ0) is 22.5. The quantitative estimate of drug-likeness (QED) is 0.570. The van der Waals surface area contributed by atoms with E-state index in [0.29, 0.717) is 15.1 Å². The minimum absolute atomic E-state index is 0.192. The monoisotopic (exact) mass is 450 g/mol. The maximum absolute atomic E-state index is 13.5. The first kappa shape index (κ1) is 20.5. The molecule has 8 heteroatoms. The minimum Gasteiger partial charge on any atom is -0.497 e. The van der Waals surface area contributed by atoms with E-state index in [0.717, 1.165) is 16.9 Å². The average Bonchev–Trinajstić information content (AvgIpc) is 3.07. The van der Waals surface area contributed by atoms with Crippen LogP contribution < -0.4 is 24.4 Å². The summed E-state index contributed by atoms with van der Waals surface area (Å²) in [5, 5.41) is 0. The topological polar surface area (TPSA) is 79.1 Å². The van der Waals surface area contributed by atoms with Gasteiger partial charge in [-0.3, -0.25) is 14.2 Å². The van der Waals surface area contributed by atoms with Crippen molar-refractivity contribution in [1.29, 1.82) is 0 Å². The predicted molar refractivity (Wildman–Crippen MR) is 120 cm³/mol. The molecule has 164 valence electrons. The summed E-state index contributed by atoms with van der Waals surface area (Å²) < 4.78 is 18.9. The number of esters is 1. The number of methoxy groups -OCH3 is 1. The number of hydrogen-bond donors (Lipinski definition) is 0. The molecule has 0 amide bonds. The smallest absolute Gasteiger partial charge is 0.317 e. The summed E-state index contributed by atoms with van der Waals surface area (Å²) in [6.07, 6.45) is 1.83. The number of para-hydroxylation sites is 1. The molecule has 0 N–H and O–H groups in total. The van der Waals surface area contributed by atoms with Crippen LogP contribution in [0.4, 0.5) is 0 Å². The summed E-state index contributed by atoms with van der Waals surface area (Å²) in [5.74, 6) is 0.162. The van der Waals surface area contributed by atoms with E-state index >= 15 is 0 Å². The SMILES string of the molecule is CCOC(=O)[C@@H]1[C@H]2c3ccccc3O[C@@]1(C)N=c1s/c(=C/c3ccc(OC)cc3)c(=O)n12. The molecule has 0 saturated carbocycles. The van der Waals surface area contributed by atoms with E-state index in [-0.39, 0.29) is 12.2 Å². The van der Waals surface area contributed by atoms with E-state index in [2.05, 4.69) is 0 Å². The summed E-state index contributed by atoms with van der Waals surface area (Å²) in [5.41, 5.74) is 0.285. The van der Waals surface area contributed by atoms with E-state index in [1.54, 1.807) is 25.5 Å². The first-order chi connectivity index (χ1) is 15.4. The van der Waals surface area contributed by atoms with E-state index in [4.69, 9.17) is 19.2 Å². The van der Waals surface area contributed by atoms with Crippen LogP contribution in [0.1, 0.15) is 31.0 Å². The van der Waals surface area contributed by atoms with Gasteiger partial charge in [0, 0.05) is 5.56 Å². The van der Waals surface area contributed by atoms with Crippen LogP contribution in [0.3, 0.4) is 0 Å². The maximum atomic E-state index is 13.5. The van der Waals surface area contributed by atoms with Crippen LogP contribution in [-0.4, -0.2) is 30.0 Å². The molecule has 5 rings (SSSR count). The molecule has 0 radical (unpaired) electrons. The molecule has 3 heterocycles. The normalized spacial score (nSPS) is 23.4. The van der Waals surface area contributed by atoms with Crippen molar-refractivity contribution in [2.24, 2.45) is 10.9 Å². The fraction of sp³-hybridized carbons (Fsp3) is 0.292. The molecule has 0 aliphatic carbocycles. The third kappa shape index (κ3) is 3.14. The van der Waals surface area contributed by atoms with Crippen molar-refractivity contribution in [3.8, 4) is 11.5 Å².